The highest BCUT2D eigenvalue weighted by atomic mass is 16.5. The Morgan fingerprint density at radius 1 is 1.09 bits per heavy atom. The molecule has 0 atom stereocenters. The molecule has 2 amide bonds. The summed E-state index contributed by atoms with van der Waals surface area (Å²) in [6.45, 7) is 0.602. The van der Waals surface area contributed by atoms with Crippen molar-refractivity contribution in [2.75, 3.05) is 37.1 Å². The molecule has 8 heteroatoms. The van der Waals surface area contributed by atoms with E-state index in [2.05, 4.69) is 10.3 Å². The number of para-hydroxylation sites is 1. The van der Waals surface area contributed by atoms with Crippen LogP contribution < -0.4 is 24.4 Å². The van der Waals surface area contributed by atoms with Crippen molar-refractivity contribution in [1.82, 2.24) is 4.98 Å². The van der Waals surface area contributed by atoms with Crippen LogP contribution >= 0.6 is 0 Å². The van der Waals surface area contributed by atoms with Crippen molar-refractivity contribution in [2.24, 2.45) is 0 Å². The number of hydrogen-bond donors (Lipinski definition) is 2. The van der Waals surface area contributed by atoms with E-state index in [1.165, 1.54) is 0 Å². The molecule has 0 saturated heterocycles. The minimum atomic E-state index is -0.168. The molecule has 178 valence electrons. The third kappa shape index (κ3) is 4.91. The number of rotatable bonds is 8. The molecule has 0 saturated carbocycles. The van der Waals surface area contributed by atoms with Gasteiger partial charge in [-0.15, -0.1) is 0 Å². The first-order valence-electron chi connectivity index (χ1n) is 11.3. The van der Waals surface area contributed by atoms with Gasteiger partial charge in [-0.1, -0.05) is 18.2 Å². The zero-order chi connectivity index (χ0) is 24.2. The summed E-state index contributed by atoms with van der Waals surface area (Å²) < 4.78 is 16.5. The van der Waals surface area contributed by atoms with Crippen LogP contribution in [0.2, 0.25) is 0 Å². The second-order valence-corrected chi connectivity index (χ2v) is 8.12. The number of aromatic nitrogens is 1. The molecule has 2 heterocycles. The van der Waals surface area contributed by atoms with Crippen LogP contribution in [0.15, 0.2) is 72.9 Å². The molecule has 1 aliphatic rings. The van der Waals surface area contributed by atoms with Gasteiger partial charge in [0.1, 0.15) is 23.9 Å². The van der Waals surface area contributed by atoms with E-state index in [1.807, 2.05) is 54.7 Å². The molecular formula is C27H25N3O5. The largest absolute Gasteiger partial charge is 0.497 e. The fourth-order valence-corrected chi connectivity index (χ4v) is 4.11. The van der Waals surface area contributed by atoms with E-state index in [0.29, 0.717) is 36.0 Å². The Morgan fingerprint density at radius 3 is 2.71 bits per heavy atom. The molecule has 0 unspecified atom stereocenters. The predicted octanol–water partition coefficient (Wildman–Crippen LogP) is 4.16. The van der Waals surface area contributed by atoms with Crippen molar-refractivity contribution in [3.8, 4) is 17.2 Å². The molecule has 0 bridgehead atoms. The lowest BCUT2D eigenvalue weighted by Crippen LogP contribution is -2.41. The van der Waals surface area contributed by atoms with Crippen LogP contribution in [0.25, 0.3) is 10.9 Å². The third-order valence-electron chi connectivity index (χ3n) is 5.85. The molecule has 0 aliphatic carbocycles. The molecule has 35 heavy (non-hydrogen) atoms. The highest BCUT2D eigenvalue weighted by molar-refractivity contribution is 6.00. The summed E-state index contributed by atoms with van der Waals surface area (Å²) in [7, 11) is 1.61. The lowest BCUT2D eigenvalue weighted by molar-refractivity contribution is -0.121. The summed E-state index contributed by atoms with van der Waals surface area (Å²) in [5.41, 5.74) is 3.11. The van der Waals surface area contributed by atoms with Crippen LogP contribution in [-0.2, 0) is 16.0 Å². The summed E-state index contributed by atoms with van der Waals surface area (Å²) in [5, 5.41) is 3.96. The van der Waals surface area contributed by atoms with E-state index in [1.54, 1.807) is 30.2 Å². The molecule has 3 aromatic carbocycles. The van der Waals surface area contributed by atoms with Crippen molar-refractivity contribution < 1.29 is 23.8 Å². The highest BCUT2D eigenvalue weighted by Gasteiger charge is 2.26. The number of methoxy groups -OCH3 is 1. The fourth-order valence-electron chi connectivity index (χ4n) is 4.11. The zero-order valence-electron chi connectivity index (χ0n) is 19.2. The number of fused-ring (bicyclic) bond motifs is 2. The molecule has 0 spiro atoms. The summed E-state index contributed by atoms with van der Waals surface area (Å²) in [4.78, 5) is 30.1. The maximum Gasteiger partial charge on any atom is 0.265 e. The third-order valence-corrected chi connectivity index (χ3v) is 5.85. The van der Waals surface area contributed by atoms with Gasteiger partial charge in [0, 0.05) is 22.8 Å². The van der Waals surface area contributed by atoms with E-state index in [0.717, 1.165) is 22.2 Å². The van der Waals surface area contributed by atoms with Crippen LogP contribution in [0.3, 0.4) is 0 Å². The number of hydrogen-bond acceptors (Lipinski definition) is 5. The second kappa shape index (κ2) is 9.80. The van der Waals surface area contributed by atoms with Gasteiger partial charge in [0.2, 0.25) is 5.91 Å². The highest BCUT2D eigenvalue weighted by Crippen LogP contribution is 2.34. The van der Waals surface area contributed by atoms with Crippen LogP contribution in [0, 0.1) is 0 Å². The fraction of sp³-hybridized carbons (Fsp3) is 0.185. The quantitative estimate of drug-likeness (QED) is 0.403. The summed E-state index contributed by atoms with van der Waals surface area (Å²) in [5.74, 6) is 1.70. The Hall–Kier alpha value is -4.46. The van der Waals surface area contributed by atoms with Gasteiger partial charge in [-0.25, -0.2) is 0 Å². The Bertz CT molecular complexity index is 1360. The Labute approximate surface area is 202 Å². The van der Waals surface area contributed by atoms with E-state index >= 15 is 0 Å². The first-order chi connectivity index (χ1) is 17.1. The molecule has 1 aromatic heterocycles. The number of carbonyl (C=O) groups excluding carboxylic acids is 2. The summed E-state index contributed by atoms with van der Waals surface area (Å²) >= 11 is 0. The SMILES string of the molecule is COc1ccc(OCCN2C(=O)COc3ccc(NC(=O)Cc4c[nH]c5ccccc45)cc32)cc1. The topological polar surface area (TPSA) is 92.9 Å². The van der Waals surface area contributed by atoms with Gasteiger partial charge >= 0.3 is 0 Å². The minimum Gasteiger partial charge on any atom is -0.497 e. The first kappa shape index (κ1) is 22.3. The Morgan fingerprint density at radius 2 is 1.89 bits per heavy atom. The van der Waals surface area contributed by atoms with Crippen molar-refractivity contribution in [1.29, 1.82) is 0 Å². The van der Waals surface area contributed by atoms with Gasteiger partial charge in [0.05, 0.1) is 25.8 Å². The number of anilines is 2. The van der Waals surface area contributed by atoms with Gasteiger partial charge in [0.25, 0.3) is 5.91 Å². The van der Waals surface area contributed by atoms with Crippen LogP contribution in [0.4, 0.5) is 11.4 Å². The van der Waals surface area contributed by atoms with Crippen molar-refractivity contribution in [3.63, 3.8) is 0 Å². The van der Waals surface area contributed by atoms with Crippen LogP contribution in [0.5, 0.6) is 17.2 Å². The average molecular weight is 472 g/mol. The van der Waals surface area contributed by atoms with Crippen molar-refractivity contribution >= 4 is 34.1 Å². The maximum absolute atomic E-state index is 12.7. The number of ether oxygens (including phenoxy) is 3. The monoisotopic (exact) mass is 471 g/mol. The molecule has 5 rings (SSSR count). The molecule has 4 aromatic rings. The average Bonchev–Trinajstić information content (AvgIpc) is 3.28. The standard InChI is InChI=1S/C27H25N3O5/c1-33-20-7-9-21(10-8-20)34-13-12-30-24-15-19(6-11-25(24)35-17-27(30)32)29-26(31)14-18-16-28-23-5-3-2-4-22(18)23/h2-11,15-16,28H,12-14,17H2,1H3,(H,29,31). The number of amides is 2. The predicted molar refractivity (Wildman–Crippen MR) is 133 cm³/mol. The summed E-state index contributed by atoms with van der Waals surface area (Å²) in [6.07, 6.45) is 2.09. The Kier molecular flexibility index (Phi) is 6.26. The van der Waals surface area contributed by atoms with E-state index in [-0.39, 0.29) is 24.8 Å². The number of nitrogens with one attached hydrogen (secondary N) is 2. The van der Waals surface area contributed by atoms with Crippen molar-refractivity contribution in [2.45, 2.75) is 6.42 Å². The van der Waals surface area contributed by atoms with Gasteiger partial charge in [-0.3, -0.25) is 9.59 Å². The summed E-state index contributed by atoms with van der Waals surface area (Å²) in [6, 6.07) is 20.4. The maximum atomic E-state index is 12.7. The van der Waals surface area contributed by atoms with Gasteiger partial charge in [-0.05, 0) is 54.1 Å². The Balaban J connectivity index is 1.25. The molecule has 0 radical (unpaired) electrons. The van der Waals surface area contributed by atoms with E-state index < -0.39 is 0 Å². The van der Waals surface area contributed by atoms with Crippen LogP contribution in [-0.4, -0.2) is 43.7 Å². The van der Waals surface area contributed by atoms with Gasteiger partial charge in [-0.2, -0.15) is 0 Å². The van der Waals surface area contributed by atoms with Crippen molar-refractivity contribution in [3.05, 3.63) is 78.5 Å². The number of H-pyrrole nitrogens is 1. The lowest BCUT2D eigenvalue weighted by atomic mass is 10.1. The number of nitrogens with zero attached hydrogens (tertiary/aromatic N) is 1. The minimum absolute atomic E-state index is 0.0399. The van der Waals surface area contributed by atoms with E-state index in [9.17, 15) is 9.59 Å². The molecule has 0 fully saturated rings. The number of aromatic amines is 1. The zero-order valence-corrected chi connectivity index (χ0v) is 19.2. The molecule has 8 nitrogen and oxygen atoms in total. The van der Waals surface area contributed by atoms with Gasteiger partial charge < -0.3 is 29.4 Å². The molecular weight excluding hydrogens is 446 g/mol. The molecule has 1 aliphatic heterocycles. The lowest BCUT2D eigenvalue weighted by Gasteiger charge is -2.29. The van der Waals surface area contributed by atoms with Crippen LogP contribution in [0.1, 0.15) is 5.56 Å². The second-order valence-electron chi connectivity index (χ2n) is 8.12. The smallest absolute Gasteiger partial charge is 0.265 e. The normalized spacial score (nSPS) is 12.7. The number of carbonyl (C=O) groups is 2. The van der Waals surface area contributed by atoms with Gasteiger partial charge in [0.15, 0.2) is 6.61 Å². The number of benzene rings is 3. The van der Waals surface area contributed by atoms with E-state index in [4.69, 9.17) is 14.2 Å². The molecule has 2 N–H and O–H groups in total. The first-order valence-corrected chi connectivity index (χ1v) is 11.3.